The third kappa shape index (κ3) is 9.60. The van der Waals surface area contributed by atoms with Gasteiger partial charge in [-0.3, -0.25) is 0 Å². The monoisotopic (exact) mass is 242 g/mol. The quantitative estimate of drug-likeness (QED) is 0.550. The van der Waals surface area contributed by atoms with E-state index in [9.17, 15) is 9.59 Å². The highest BCUT2D eigenvalue weighted by atomic mass is 16.5. The third-order valence-electron chi connectivity index (χ3n) is 2.11. The topological polar surface area (TPSA) is 63.6 Å². The normalized spacial score (nSPS) is 11.7. The zero-order valence-electron chi connectivity index (χ0n) is 11.0. The van der Waals surface area contributed by atoms with Crippen LogP contribution in [0.1, 0.15) is 40.5 Å². The molecule has 0 spiro atoms. The van der Waals surface area contributed by atoms with Crippen LogP contribution in [-0.2, 0) is 14.3 Å². The minimum Gasteiger partial charge on any atom is -0.478 e. The van der Waals surface area contributed by atoms with Crippen molar-refractivity contribution < 1.29 is 19.4 Å². The van der Waals surface area contributed by atoms with E-state index in [1.165, 1.54) is 0 Å². The number of aliphatic carboxylic acids is 1. The standard InChI is InChI=1S/C13H22O4/c1-9(2)7-11(8-10(3)4)17-13(16)6-5-12(14)15/h5-6,9-11H,7-8H2,1-4H3,(H,14,15). The lowest BCUT2D eigenvalue weighted by Gasteiger charge is -2.20. The first-order valence-corrected chi connectivity index (χ1v) is 5.92. The van der Waals surface area contributed by atoms with Crippen LogP contribution < -0.4 is 0 Å². The molecular weight excluding hydrogens is 220 g/mol. The number of hydrogen-bond donors (Lipinski definition) is 1. The number of carboxylic acid groups (broad SMARTS) is 1. The molecule has 0 unspecified atom stereocenters. The van der Waals surface area contributed by atoms with Crippen LogP contribution in [0, 0.1) is 11.8 Å². The molecule has 17 heavy (non-hydrogen) atoms. The molecule has 0 aliphatic carbocycles. The molecule has 4 heteroatoms. The van der Waals surface area contributed by atoms with Gasteiger partial charge in [0.05, 0.1) is 0 Å². The number of esters is 1. The average Bonchev–Trinajstić information content (AvgIpc) is 2.12. The molecule has 0 aromatic rings. The summed E-state index contributed by atoms with van der Waals surface area (Å²) < 4.78 is 5.23. The lowest BCUT2D eigenvalue weighted by Crippen LogP contribution is -2.21. The van der Waals surface area contributed by atoms with Crippen molar-refractivity contribution in [1.82, 2.24) is 0 Å². The molecule has 0 heterocycles. The second kappa shape index (κ2) is 7.87. The van der Waals surface area contributed by atoms with Crippen LogP contribution in [0.25, 0.3) is 0 Å². The van der Waals surface area contributed by atoms with Crippen molar-refractivity contribution in [3.8, 4) is 0 Å². The zero-order chi connectivity index (χ0) is 13.4. The molecule has 0 rings (SSSR count). The Labute approximate surface area is 103 Å². The van der Waals surface area contributed by atoms with Gasteiger partial charge in [-0.15, -0.1) is 0 Å². The highest BCUT2D eigenvalue weighted by molar-refractivity contribution is 5.90. The lowest BCUT2D eigenvalue weighted by atomic mass is 9.98. The molecule has 0 saturated carbocycles. The first kappa shape index (κ1) is 15.7. The summed E-state index contributed by atoms with van der Waals surface area (Å²) in [5.41, 5.74) is 0. The summed E-state index contributed by atoms with van der Waals surface area (Å²) in [4.78, 5) is 21.6. The second-order valence-electron chi connectivity index (χ2n) is 4.99. The maximum absolute atomic E-state index is 11.3. The van der Waals surface area contributed by atoms with Crippen LogP contribution >= 0.6 is 0 Å². The van der Waals surface area contributed by atoms with Crippen LogP contribution in [0.15, 0.2) is 12.2 Å². The molecule has 0 bridgehead atoms. The molecule has 98 valence electrons. The Morgan fingerprint density at radius 2 is 1.53 bits per heavy atom. The van der Waals surface area contributed by atoms with E-state index in [1.54, 1.807) is 0 Å². The molecule has 0 aromatic carbocycles. The number of rotatable bonds is 7. The van der Waals surface area contributed by atoms with Crippen LogP contribution in [0.2, 0.25) is 0 Å². The Morgan fingerprint density at radius 3 is 1.88 bits per heavy atom. The fourth-order valence-electron chi connectivity index (χ4n) is 1.59. The summed E-state index contributed by atoms with van der Waals surface area (Å²) in [6.45, 7) is 8.25. The number of carboxylic acids is 1. The maximum atomic E-state index is 11.3. The van der Waals surface area contributed by atoms with E-state index in [0.717, 1.165) is 25.0 Å². The van der Waals surface area contributed by atoms with E-state index in [0.29, 0.717) is 11.8 Å². The minimum absolute atomic E-state index is 0.138. The first-order chi connectivity index (χ1) is 7.81. The van der Waals surface area contributed by atoms with Crippen molar-refractivity contribution in [3.63, 3.8) is 0 Å². The highest BCUT2D eigenvalue weighted by Crippen LogP contribution is 2.16. The van der Waals surface area contributed by atoms with Gasteiger partial charge in [0.25, 0.3) is 0 Å². The van der Waals surface area contributed by atoms with Gasteiger partial charge >= 0.3 is 11.9 Å². The largest absolute Gasteiger partial charge is 0.478 e. The van der Waals surface area contributed by atoms with Crippen molar-refractivity contribution in [3.05, 3.63) is 12.2 Å². The number of carbonyl (C=O) groups excluding carboxylic acids is 1. The van der Waals surface area contributed by atoms with E-state index in [1.807, 2.05) is 0 Å². The van der Waals surface area contributed by atoms with Gasteiger partial charge in [-0.2, -0.15) is 0 Å². The van der Waals surface area contributed by atoms with Gasteiger partial charge in [0.1, 0.15) is 6.10 Å². The smallest absolute Gasteiger partial charge is 0.331 e. The number of hydrogen-bond acceptors (Lipinski definition) is 3. The SMILES string of the molecule is CC(C)CC(CC(C)C)OC(=O)C=CC(=O)O. The summed E-state index contributed by atoms with van der Waals surface area (Å²) in [7, 11) is 0. The average molecular weight is 242 g/mol. The van der Waals surface area contributed by atoms with Gasteiger partial charge in [-0.05, 0) is 24.7 Å². The minimum atomic E-state index is -1.15. The molecule has 0 aliphatic rings. The molecule has 4 nitrogen and oxygen atoms in total. The van der Waals surface area contributed by atoms with Crippen LogP contribution in [0.5, 0.6) is 0 Å². The first-order valence-electron chi connectivity index (χ1n) is 5.92. The highest BCUT2D eigenvalue weighted by Gasteiger charge is 2.16. The summed E-state index contributed by atoms with van der Waals surface area (Å²) in [6.07, 6.45) is 3.21. The molecule has 0 saturated heterocycles. The van der Waals surface area contributed by atoms with E-state index < -0.39 is 11.9 Å². The van der Waals surface area contributed by atoms with Crippen molar-refractivity contribution in [2.24, 2.45) is 11.8 Å². The molecule has 0 aromatic heterocycles. The van der Waals surface area contributed by atoms with E-state index in [-0.39, 0.29) is 6.10 Å². The molecular formula is C13H22O4. The van der Waals surface area contributed by atoms with Crippen molar-refractivity contribution >= 4 is 11.9 Å². The predicted molar refractivity (Wildman–Crippen MR) is 65.6 cm³/mol. The Bertz CT molecular complexity index is 269. The summed E-state index contributed by atoms with van der Waals surface area (Å²) in [6, 6.07) is 0. The van der Waals surface area contributed by atoms with E-state index in [2.05, 4.69) is 27.7 Å². The van der Waals surface area contributed by atoms with Crippen LogP contribution in [0.3, 0.4) is 0 Å². The van der Waals surface area contributed by atoms with E-state index >= 15 is 0 Å². The second-order valence-corrected chi connectivity index (χ2v) is 4.99. The van der Waals surface area contributed by atoms with Gasteiger partial charge < -0.3 is 9.84 Å². The van der Waals surface area contributed by atoms with Crippen molar-refractivity contribution in [2.45, 2.75) is 46.6 Å². The summed E-state index contributed by atoms with van der Waals surface area (Å²) in [5.74, 6) is -0.852. The molecule has 0 amide bonds. The Hall–Kier alpha value is -1.32. The fourth-order valence-corrected chi connectivity index (χ4v) is 1.59. The molecule has 0 fully saturated rings. The zero-order valence-corrected chi connectivity index (χ0v) is 11.0. The van der Waals surface area contributed by atoms with Gasteiger partial charge in [0.2, 0.25) is 0 Å². The fraction of sp³-hybridized carbons (Fsp3) is 0.692. The van der Waals surface area contributed by atoms with Gasteiger partial charge in [0, 0.05) is 12.2 Å². The van der Waals surface area contributed by atoms with Crippen molar-refractivity contribution in [1.29, 1.82) is 0 Å². The third-order valence-corrected chi connectivity index (χ3v) is 2.11. The van der Waals surface area contributed by atoms with Gasteiger partial charge in [0.15, 0.2) is 0 Å². The number of carbonyl (C=O) groups is 2. The van der Waals surface area contributed by atoms with E-state index in [4.69, 9.17) is 9.84 Å². The molecule has 0 radical (unpaired) electrons. The van der Waals surface area contributed by atoms with Gasteiger partial charge in [-0.1, -0.05) is 27.7 Å². The summed E-state index contributed by atoms with van der Waals surface area (Å²) >= 11 is 0. The van der Waals surface area contributed by atoms with Gasteiger partial charge in [-0.25, -0.2) is 9.59 Å². The van der Waals surface area contributed by atoms with Crippen LogP contribution in [0.4, 0.5) is 0 Å². The number of ether oxygens (including phenoxy) is 1. The van der Waals surface area contributed by atoms with Crippen molar-refractivity contribution in [2.75, 3.05) is 0 Å². The Balaban J connectivity index is 4.31. The summed E-state index contributed by atoms with van der Waals surface area (Å²) in [5, 5.41) is 8.39. The molecule has 0 aliphatic heterocycles. The maximum Gasteiger partial charge on any atom is 0.331 e. The predicted octanol–water partition coefficient (Wildman–Crippen LogP) is 2.63. The molecule has 1 N–H and O–H groups in total. The Kier molecular flexibility index (Phi) is 7.26. The van der Waals surface area contributed by atoms with Crippen LogP contribution in [-0.4, -0.2) is 23.1 Å². The Morgan fingerprint density at radius 1 is 1.06 bits per heavy atom. The lowest BCUT2D eigenvalue weighted by molar-refractivity contribution is -0.145. The molecule has 0 atom stereocenters.